The maximum atomic E-state index is 11.3. The Balaban J connectivity index is 2.65. The van der Waals surface area contributed by atoms with Crippen molar-refractivity contribution in [3.63, 3.8) is 0 Å². The van der Waals surface area contributed by atoms with Crippen LogP contribution in [0, 0.1) is 0 Å². The molecule has 0 aromatic heterocycles. The zero-order valence-electron chi connectivity index (χ0n) is 9.81. The number of aliphatic carboxylic acids is 1. The quantitative estimate of drug-likeness (QED) is 0.352. The molecule has 1 aliphatic heterocycles. The number of amides is 1. The van der Waals surface area contributed by atoms with Crippen molar-refractivity contribution < 1.29 is 34.8 Å². The van der Waals surface area contributed by atoms with E-state index in [1.54, 1.807) is 6.92 Å². The molecule has 0 aromatic rings. The highest BCUT2D eigenvalue weighted by molar-refractivity contribution is 5.93. The molecule has 0 radical (unpaired) electrons. The molecule has 5 atom stereocenters. The minimum absolute atomic E-state index is 0.460. The second kappa shape index (κ2) is 6.10. The molecule has 1 heterocycles. The zero-order chi connectivity index (χ0) is 13.9. The first-order chi connectivity index (χ1) is 8.36. The van der Waals surface area contributed by atoms with Crippen molar-refractivity contribution in [2.45, 2.75) is 43.8 Å². The molecule has 8 heteroatoms. The molecule has 0 saturated carbocycles. The molecule has 1 aliphatic rings. The highest BCUT2D eigenvalue weighted by Crippen LogP contribution is 2.20. The van der Waals surface area contributed by atoms with Gasteiger partial charge in [0.15, 0.2) is 0 Å². The Morgan fingerprint density at radius 1 is 1.28 bits per heavy atom. The van der Waals surface area contributed by atoms with Gasteiger partial charge in [-0.3, -0.25) is 9.59 Å². The van der Waals surface area contributed by atoms with Crippen molar-refractivity contribution in [1.29, 1.82) is 0 Å². The highest BCUT2D eigenvalue weighted by atomic mass is 16.5. The third-order valence-corrected chi connectivity index (χ3v) is 2.81. The van der Waals surface area contributed by atoms with E-state index in [1.165, 1.54) is 0 Å². The second-order valence-corrected chi connectivity index (χ2v) is 4.21. The van der Waals surface area contributed by atoms with E-state index < -0.39 is 55.4 Å². The fourth-order valence-corrected chi connectivity index (χ4v) is 1.88. The van der Waals surface area contributed by atoms with Gasteiger partial charge in [0.05, 0.1) is 18.8 Å². The lowest BCUT2D eigenvalue weighted by Crippen LogP contribution is -2.63. The van der Waals surface area contributed by atoms with Gasteiger partial charge in [0, 0.05) is 0 Å². The molecule has 0 aliphatic carbocycles. The zero-order valence-corrected chi connectivity index (χ0v) is 9.81. The Morgan fingerprint density at radius 2 is 1.89 bits per heavy atom. The standard InChI is InChI=1S/C10H17NO7/c1-4-8(11-6(13)2-7(14)15)10(17)9(16)5(3-12)18-4/h4-5,8-10,12,16-17H,2-3H2,1H3,(H,11,13)(H,14,15)/t4-,5+,8-,9-,10+/m0/s1. The topological polar surface area (TPSA) is 136 Å². The highest BCUT2D eigenvalue weighted by Gasteiger charge is 2.42. The number of ether oxygens (including phenoxy) is 1. The lowest BCUT2D eigenvalue weighted by Gasteiger charge is -2.41. The number of aliphatic hydroxyl groups excluding tert-OH is 3. The Bertz CT molecular complexity index is 321. The first kappa shape index (κ1) is 14.8. The Kier molecular flexibility index (Phi) is 5.03. The van der Waals surface area contributed by atoms with Crippen LogP contribution in [-0.4, -0.2) is 69.4 Å². The summed E-state index contributed by atoms with van der Waals surface area (Å²) in [6, 6.07) is -0.922. The minimum atomic E-state index is -1.35. The van der Waals surface area contributed by atoms with E-state index in [4.69, 9.17) is 14.9 Å². The van der Waals surface area contributed by atoms with Crippen LogP contribution >= 0.6 is 0 Å². The van der Waals surface area contributed by atoms with Gasteiger partial charge in [-0.15, -0.1) is 0 Å². The number of nitrogens with one attached hydrogen (secondary N) is 1. The maximum Gasteiger partial charge on any atom is 0.312 e. The van der Waals surface area contributed by atoms with Crippen LogP contribution < -0.4 is 5.32 Å². The summed E-state index contributed by atoms with van der Waals surface area (Å²) in [5.74, 6) is -2.07. The number of hydrogen-bond acceptors (Lipinski definition) is 6. The first-order valence-electron chi connectivity index (χ1n) is 5.50. The van der Waals surface area contributed by atoms with E-state index in [-0.39, 0.29) is 0 Å². The summed E-state index contributed by atoms with van der Waals surface area (Å²) < 4.78 is 5.21. The fraction of sp³-hybridized carbons (Fsp3) is 0.800. The first-order valence-corrected chi connectivity index (χ1v) is 5.50. The number of carboxylic acid groups (broad SMARTS) is 1. The molecular weight excluding hydrogens is 246 g/mol. The van der Waals surface area contributed by atoms with Crippen LogP contribution in [0.3, 0.4) is 0 Å². The SMILES string of the molecule is C[C@@H]1O[C@H](CO)[C@H](O)[C@H](O)[C@H]1NC(=O)CC(=O)O. The van der Waals surface area contributed by atoms with Gasteiger partial charge in [-0.1, -0.05) is 0 Å². The van der Waals surface area contributed by atoms with E-state index >= 15 is 0 Å². The summed E-state index contributed by atoms with van der Waals surface area (Å²) in [4.78, 5) is 21.6. The van der Waals surface area contributed by atoms with Crippen molar-refractivity contribution in [2.75, 3.05) is 6.61 Å². The summed E-state index contributed by atoms with van der Waals surface area (Å²) in [7, 11) is 0. The Morgan fingerprint density at radius 3 is 2.39 bits per heavy atom. The number of hydrogen-bond donors (Lipinski definition) is 5. The number of carboxylic acids is 1. The van der Waals surface area contributed by atoms with Crippen LogP contribution in [0.2, 0.25) is 0 Å². The normalized spacial score (nSPS) is 36.1. The summed E-state index contributed by atoms with van der Waals surface area (Å²) in [6.45, 7) is 1.09. The van der Waals surface area contributed by atoms with Gasteiger partial charge < -0.3 is 30.5 Å². The molecule has 5 N–H and O–H groups in total. The Labute approximate surface area is 103 Å². The molecule has 0 unspecified atom stereocenters. The molecule has 18 heavy (non-hydrogen) atoms. The van der Waals surface area contributed by atoms with E-state index in [0.29, 0.717) is 0 Å². The number of aliphatic hydroxyl groups is 3. The fourth-order valence-electron chi connectivity index (χ4n) is 1.88. The molecule has 8 nitrogen and oxygen atoms in total. The third kappa shape index (κ3) is 3.39. The number of rotatable bonds is 4. The molecule has 1 saturated heterocycles. The van der Waals surface area contributed by atoms with Gasteiger partial charge in [0.25, 0.3) is 0 Å². The van der Waals surface area contributed by atoms with Crippen LogP contribution in [0.5, 0.6) is 0 Å². The number of carbonyl (C=O) groups excluding carboxylic acids is 1. The van der Waals surface area contributed by atoms with E-state index in [0.717, 1.165) is 0 Å². The van der Waals surface area contributed by atoms with Crippen LogP contribution in [0.4, 0.5) is 0 Å². The van der Waals surface area contributed by atoms with Crippen molar-refractivity contribution in [2.24, 2.45) is 0 Å². The number of carbonyl (C=O) groups is 2. The van der Waals surface area contributed by atoms with Crippen molar-refractivity contribution in [3.8, 4) is 0 Å². The van der Waals surface area contributed by atoms with E-state index in [1.807, 2.05) is 0 Å². The lowest BCUT2D eigenvalue weighted by atomic mass is 9.93. The Hall–Kier alpha value is -1.22. The molecule has 0 spiro atoms. The molecule has 1 fully saturated rings. The largest absolute Gasteiger partial charge is 0.481 e. The van der Waals surface area contributed by atoms with E-state index in [9.17, 15) is 19.8 Å². The molecule has 104 valence electrons. The van der Waals surface area contributed by atoms with Gasteiger partial charge in [0.1, 0.15) is 24.7 Å². The van der Waals surface area contributed by atoms with Crippen molar-refractivity contribution in [3.05, 3.63) is 0 Å². The average molecular weight is 263 g/mol. The summed E-state index contributed by atoms with van der Waals surface area (Å²) >= 11 is 0. The van der Waals surface area contributed by atoms with Crippen molar-refractivity contribution in [1.82, 2.24) is 5.32 Å². The predicted molar refractivity (Wildman–Crippen MR) is 57.6 cm³/mol. The molecule has 1 rings (SSSR count). The molecule has 0 bridgehead atoms. The minimum Gasteiger partial charge on any atom is -0.481 e. The van der Waals surface area contributed by atoms with Gasteiger partial charge >= 0.3 is 5.97 Å². The predicted octanol–water partition coefficient (Wildman–Crippen LogP) is -2.55. The molecule has 0 aromatic carbocycles. The third-order valence-electron chi connectivity index (χ3n) is 2.81. The van der Waals surface area contributed by atoms with E-state index in [2.05, 4.69) is 5.32 Å². The lowest BCUT2D eigenvalue weighted by molar-refractivity contribution is -0.190. The van der Waals surface area contributed by atoms with Gasteiger partial charge in [-0.2, -0.15) is 0 Å². The van der Waals surface area contributed by atoms with Gasteiger partial charge in [-0.25, -0.2) is 0 Å². The maximum absolute atomic E-state index is 11.3. The average Bonchev–Trinajstić information content (AvgIpc) is 2.28. The second-order valence-electron chi connectivity index (χ2n) is 4.21. The van der Waals surface area contributed by atoms with Crippen LogP contribution in [0.15, 0.2) is 0 Å². The van der Waals surface area contributed by atoms with Crippen LogP contribution in [-0.2, 0) is 14.3 Å². The summed E-state index contributed by atoms with van der Waals surface area (Å²) in [6.07, 6.45) is -4.99. The smallest absolute Gasteiger partial charge is 0.312 e. The monoisotopic (exact) mass is 263 g/mol. The van der Waals surface area contributed by atoms with Crippen LogP contribution in [0.25, 0.3) is 0 Å². The molecule has 1 amide bonds. The summed E-state index contributed by atoms with van der Waals surface area (Å²) in [5, 5.41) is 39.1. The molecular formula is C10H17NO7. The van der Waals surface area contributed by atoms with Gasteiger partial charge in [-0.05, 0) is 6.92 Å². The van der Waals surface area contributed by atoms with Crippen LogP contribution in [0.1, 0.15) is 13.3 Å². The van der Waals surface area contributed by atoms with Gasteiger partial charge in [0.2, 0.25) is 5.91 Å². The summed E-state index contributed by atoms with van der Waals surface area (Å²) in [5.41, 5.74) is 0. The van der Waals surface area contributed by atoms with Crippen molar-refractivity contribution >= 4 is 11.9 Å².